The number of rotatable bonds is 6. The quantitative estimate of drug-likeness (QED) is 0.636. The number of hydrazone groups is 1. The Balaban J connectivity index is 1.97. The van der Waals surface area contributed by atoms with Crippen LogP contribution in [0.25, 0.3) is 0 Å². The van der Waals surface area contributed by atoms with Crippen LogP contribution in [-0.2, 0) is 4.79 Å². The number of hydrogen-bond donors (Lipinski definition) is 2. The molecule has 2 rings (SSSR count). The topological polar surface area (TPSA) is 66.4 Å². The molecule has 0 fully saturated rings. The van der Waals surface area contributed by atoms with Gasteiger partial charge in [0.2, 0.25) is 0 Å². The Morgan fingerprint density at radius 1 is 1.26 bits per heavy atom. The first-order valence-electron chi connectivity index (χ1n) is 7.67. The first kappa shape index (κ1) is 16.7. The predicted octanol–water partition coefficient (Wildman–Crippen LogP) is 3.04. The number of aryl methyl sites for hydroxylation is 2. The number of aromatic nitrogens is 1. The third-order valence-electron chi connectivity index (χ3n) is 3.53. The molecule has 0 saturated carbocycles. The van der Waals surface area contributed by atoms with Gasteiger partial charge in [-0.1, -0.05) is 24.6 Å². The molecule has 0 aliphatic carbocycles. The maximum Gasteiger partial charge on any atom is 0.262 e. The highest BCUT2D eigenvalue weighted by Crippen LogP contribution is 2.17. The molecule has 1 aromatic carbocycles. The maximum absolute atomic E-state index is 12.2. The van der Waals surface area contributed by atoms with Crippen LogP contribution in [-0.4, -0.2) is 23.1 Å². The lowest BCUT2D eigenvalue weighted by molar-refractivity contribution is -0.121. The lowest BCUT2D eigenvalue weighted by Crippen LogP contribution is -2.37. The minimum Gasteiger partial charge on any atom is -0.373 e. The third-order valence-corrected chi connectivity index (χ3v) is 3.53. The van der Waals surface area contributed by atoms with Crippen molar-refractivity contribution in [2.75, 3.05) is 5.32 Å². The minimum atomic E-state index is -0.328. The van der Waals surface area contributed by atoms with E-state index in [-0.39, 0.29) is 11.9 Å². The van der Waals surface area contributed by atoms with E-state index in [1.807, 2.05) is 38.1 Å². The Labute approximate surface area is 136 Å². The number of nitrogens with zero attached hydrogens (tertiary/aromatic N) is 2. The van der Waals surface area contributed by atoms with E-state index in [0.29, 0.717) is 6.42 Å². The minimum absolute atomic E-state index is 0.155. The molecule has 120 valence electrons. The molecule has 0 aliphatic rings. The number of pyridine rings is 1. The summed E-state index contributed by atoms with van der Waals surface area (Å²) in [5.41, 5.74) is 6.76. The zero-order valence-electron chi connectivity index (χ0n) is 13.7. The van der Waals surface area contributed by atoms with Gasteiger partial charge in [0.15, 0.2) is 0 Å². The molecule has 0 saturated heterocycles. The third kappa shape index (κ3) is 4.92. The van der Waals surface area contributed by atoms with Gasteiger partial charge in [-0.2, -0.15) is 5.10 Å². The zero-order valence-corrected chi connectivity index (χ0v) is 13.7. The summed E-state index contributed by atoms with van der Waals surface area (Å²) >= 11 is 0. The van der Waals surface area contributed by atoms with E-state index >= 15 is 0 Å². The van der Waals surface area contributed by atoms with Crippen LogP contribution < -0.4 is 10.7 Å². The Kier molecular flexibility index (Phi) is 5.86. The molecule has 5 heteroatoms. The number of carbonyl (C=O) groups is 1. The van der Waals surface area contributed by atoms with Gasteiger partial charge >= 0.3 is 0 Å². The smallest absolute Gasteiger partial charge is 0.262 e. The van der Waals surface area contributed by atoms with Crippen molar-refractivity contribution in [2.24, 2.45) is 5.10 Å². The van der Waals surface area contributed by atoms with Gasteiger partial charge in [0, 0.05) is 18.1 Å². The number of carbonyl (C=O) groups excluding carboxylic acids is 1. The molecular weight excluding hydrogens is 288 g/mol. The largest absolute Gasteiger partial charge is 0.373 e. The van der Waals surface area contributed by atoms with Gasteiger partial charge < -0.3 is 5.32 Å². The van der Waals surface area contributed by atoms with Gasteiger partial charge in [0.1, 0.15) is 6.04 Å². The van der Waals surface area contributed by atoms with E-state index in [1.165, 1.54) is 5.56 Å². The zero-order chi connectivity index (χ0) is 16.7. The summed E-state index contributed by atoms with van der Waals surface area (Å²) in [4.78, 5) is 16.2. The molecule has 1 atom stereocenters. The Hall–Kier alpha value is -2.69. The molecule has 1 aromatic heterocycles. The molecule has 0 spiro atoms. The van der Waals surface area contributed by atoms with Crippen molar-refractivity contribution < 1.29 is 4.79 Å². The van der Waals surface area contributed by atoms with Crippen LogP contribution in [0.2, 0.25) is 0 Å². The SMILES string of the molecule is CCC(Nc1ccc(C)cc1C)C(=O)NN=Cc1ccncc1. The summed E-state index contributed by atoms with van der Waals surface area (Å²) in [7, 11) is 0. The van der Waals surface area contributed by atoms with Gasteiger partial charge in [-0.3, -0.25) is 9.78 Å². The Bertz CT molecular complexity index is 683. The molecular formula is C18H22N4O. The highest BCUT2D eigenvalue weighted by Gasteiger charge is 2.16. The fourth-order valence-corrected chi connectivity index (χ4v) is 2.21. The van der Waals surface area contributed by atoms with Crippen molar-refractivity contribution in [3.63, 3.8) is 0 Å². The van der Waals surface area contributed by atoms with Crippen LogP contribution in [0, 0.1) is 13.8 Å². The number of benzene rings is 1. The van der Waals surface area contributed by atoms with Crippen molar-refractivity contribution in [3.05, 3.63) is 59.4 Å². The highest BCUT2D eigenvalue weighted by molar-refractivity contribution is 5.86. The van der Waals surface area contributed by atoms with Crippen LogP contribution in [0.1, 0.15) is 30.0 Å². The van der Waals surface area contributed by atoms with Crippen molar-refractivity contribution in [3.8, 4) is 0 Å². The fourth-order valence-electron chi connectivity index (χ4n) is 2.21. The Morgan fingerprint density at radius 3 is 2.65 bits per heavy atom. The van der Waals surface area contributed by atoms with Crippen molar-refractivity contribution >= 4 is 17.8 Å². The summed E-state index contributed by atoms with van der Waals surface area (Å²) in [6.07, 6.45) is 5.63. The second-order valence-electron chi connectivity index (χ2n) is 5.44. The number of hydrogen-bond acceptors (Lipinski definition) is 4. The average Bonchev–Trinajstić information content (AvgIpc) is 2.55. The summed E-state index contributed by atoms with van der Waals surface area (Å²) in [5, 5.41) is 7.27. The molecule has 2 aromatic rings. The summed E-state index contributed by atoms with van der Waals surface area (Å²) in [6, 6.07) is 9.43. The Morgan fingerprint density at radius 2 is 2.00 bits per heavy atom. The molecule has 1 unspecified atom stereocenters. The fraction of sp³-hybridized carbons (Fsp3) is 0.278. The second-order valence-corrected chi connectivity index (χ2v) is 5.44. The summed E-state index contributed by atoms with van der Waals surface area (Å²) in [5.74, 6) is -0.155. The van der Waals surface area contributed by atoms with Gasteiger partial charge in [0.05, 0.1) is 6.21 Å². The van der Waals surface area contributed by atoms with Gasteiger partial charge in [-0.25, -0.2) is 5.43 Å². The monoisotopic (exact) mass is 310 g/mol. The molecule has 0 aliphatic heterocycles. The van der Waals surface area contributed by atoms with E-state index < -0.39 is 0 Å². The van der Waals surface area contributed by atoms with Crippen LogP contribution in [0.3, 0.4) is 0 Å². The van der Waals surface area contributed by atoms with E-state index in [1.54, 1.807) is 18.6 Å². The molecule has 1 heterocycles. The molecule has 1 amide bonds. The first-order valence-corrected chi connectivity index (χ1v) is 7.67. The van der Waals surface area contributed by atoms with Crippen LogP contribution in [0.5, 0.6) is 0 Å². The number of amides is 1. The van der Waals surface area contributed by atoms with E-state index in [9.17, 15) is 4.79 Å². The van der Waals surface area contributed by atoms with Gasteiger partial charge in [0.25, 0.3) is 5.91 Å². The standard InChI is InChI=1S/C18H22N4O/c1-4-16(21-17-6-5-13(2)11-14(17)3)18(23)22-20-12-15-7-9-19-10-8-15/h5-12,16,21H,4H2,1-3H3,(H,22,23). The average molecular weight is 310 g/mol. The van der Waals surface area contributed by atoms with Gasteiger partial charge in [-0.05, 0) is 49.6 Å². The second kappa shape index (κ2) is 8.08. The van der Waals surface area contributed by atoms with Crippen molar-refractivity contribution in [1.29, 1.82) is 0 Å². The van der Waals surface area contributed by atoms with E-state index in [2.05, 4.69) is 33.8 Å². The van der Waals surface area contributed by atoms with E-state index in [0.717, 1.165) is 16.8 Å². The highest BCUT2D eigenvalue weighted by atomic mass is 16.2. The summed E-state index contributed by atoms with van der Waals surface area (Å²) in [6.45, 7) is 6.05. The normalized spacial score (nSPS) is 12.1. The summed E-state index contributed by atoms with van der Waals surface area (Å²) < 4.78 is 0. The lowest BCUT2D eigenvalue weighted by atomic mass is 10.1. The molecule has 0 bridgehead atoms. The molecule has 5 nitrogen and oxygen atoms in total. The lowest BCUT2D eigenvalue weighted by Gasteiger charge is -2.18. The number of nitrogens with one attached hydrogen (secondary N) is 2. The van der Waals surface area contributed by atoms with Crippen LogP contribution >= 0.6 is 0 Å². The predicted molar refractivity (Wildman–Crippen MR) is 93.6 cm³/mol. The maximum atomic E-state index is 12.2. The first-order chi connectivity index (χ1) is 11.1. The van der Waals surface area contributed by atoms with E-state index in [4.69, 9.17) is 0 Å². The molecule has 2 N–H and O–H groups in total. The van der Waals surface area contributed by atoms with Crippen LogP contribution in [0.4, 0.5) is 5.69 Å². The van der Waals surface area contributed by atoms with Gasteiger partial charge in [-0.15, -0.1) is 0 Å². The molecule has 0 radical (unpaired) electrons. The van der Waals surface area contributed by atoms with Crippen molar-refractivity contribution in [2.45, 2.75) is 33.2 Å². The van der Waals surface area contributed by atoms with Crippen LogP contribution in [0.15, 0.2) is 47.8 Å². The molecule has 23 heavy (non-hydrogen) atoms. The number of anilines is 1. The van der Waals surface area contributed by atoms with Crippen molar-refractivity contribution in [1.82, 2.24) is 10.4 Å².